The number of aryl methyl sites for hydroxylation is 1. The molecule has 9 heteroatoms. The van der Waals surface area contributed by atoms with Gasteiger partial charge in [0.1, 0.15) is 11.6 Å². The fraction of sp³-hybridized carbons (Fsp3) is 0.375. The maximum absolute atomic E-state index is 12.8. The standard InChI is InChI=1S/C16H21N5O3S/c1-5-24-15(23)12-7(2)13(19-8(12)3)14(22)9(4)25-16-20-10(17)6-11(18)21-16/h6,9,19H,5H2,1-4H3,(H4,17,18,20,21). The average molecular weight is 363 g/mol. The van der Waals surface area contributed by atoms with Gasteiger partial charge in [-0.2, -0.15) is 0 Å². The van der Waals surface area contributed by atoms with Crippen LogP contribution in [0.25, 0.3) is 0 Å². The van der Waals surface area contributed by atoms with E-state index >= 15 is 0 Å². The highest BCUT2D eigenvalue weighted by Crippen LogP contribution is 2.27. The molecule has 0 bridgehead atoms. The van der Waals surface area contributed by atoms with Crippen LogP contribution in [0.2, 0.25) is 0 Å². The van der Waals surface area contributed by atoms with E-state index in [4.69, 9.17) is 16.2 Å². The SMILES string of the molecule is CCOC(=O)c1c(C)[nH]c(C(=O)C(C)Sc2nc(N)cc(N)n2)c1C. The third-order valence-electron chi connectivity index (χ3n) is 3.56. The van der Waals surface area contributed by atoms with Crippen LogP contribution < -0.4 is 11.5 Å². The summed E-state index contributed by atoms with van der Waals surface area (Å²) in [5.74, 6) is -0.136. The second kappa shape index (κ2) is 7.56. The minimum Gasteiger partial charge on any atom is -0.462 e. The Balaban J connectivity index is 2.25. The normalized spacial score (nSPS) is 12.0. The number of ketones is 1. The number of aromatic nitrogens is 3. The summed E-state index contributed by atoms with van der Waals surface area (Å²) in [5.41, 5.74) is 13.2. The predicted molar refractivity (Wildman–Crippen MR) is 96.7 cm³/mol. The Morgan fingerprint density at radius 1 is 1.28 bits per heavy atom. The van der Waals surface area contributed by atoms with E-state index in [2.05, 4.69) is 15.0 Å². The Morgan fingerprint density at radius 2 is 1.88 bits per heavy atom. The third kappa shape index (κ3) is 4.11. The van der Waals surface area contributed by atoms with Crippen molar-refractivity contribution in [1.29, 1.82) is 0 Å². The van der Waals surface area contributed by atoms with E-state index in [1.54, 1.807) is 27.7 Å². The molecule has 134 valence electrons. The molecular weight excluding hydrogens is 342 g/mol. The van der Waals surface area contributed by atoms with Crippen molar-refractivity contribution in [3.8, 4) is 0 Å². The molecule has 0 amide bonds. The Labute approximate surface area is 149 Å². The number of thioether (sulfide) groups is 1. The van der Waals surface area contributed by atoms with Crippen molar-refractivity contribution in [1.82, 2.24) is 15.0 Å². The first-order valence-electron chi connectivity index (χ1n) is 7.71. The average Bonchev–Trinajstić information content (AvgIpc) is 2.80. The second-order valence-electron chi connectivity index (χ2n) is 5.47. The Kier molecular flexibility index (Phi) is 5.68. The van der Waals surface area contributed by atoms with Crippen molar-refractivity contribution in [2.75, 3.05) is 18.1 Å². The number of nitrogens with two attached hydrogens (primary N) is 2. The topological polar surface area (TPSA) is 137 Å². The number of hydrogen-bond acceptors (Lipinski definition) is 8. The lowest BCUT2D eigenvalue weighted by Gasteiger charge is -2.10. The summed E-state index contributed by atoms with van der Waals surface area (Å²) in [6.45, 7) is 7.18. The molecule has 0 saturated carbocycles. The van der Waals surface area contributed by atoms with Gasteiger partial charge in [0, 0.05) is 11.8 Å². The molecule has 0 spiro atoms. The van der Waals surface area contributed by atoms with Crippen molar-refractivity contribution in [2.45, 2.75) is 38.1 Å². The van der Waals surface area contributed by atoms with Gasteiger partial charge in [-0.25, -0.2) is 14.8 Å². The van der Waals surface area contributed by atoms with Gasteiger partial charge in [0.25, 0.3) is 0 Å². The summed E-state index contributed by atoms with van der Waals surface area (Å²) in [6, 6.07) is 1.45. The summed E-state index contributed by atoms with van der Waals surface area (Å²) in [5, 5.41) is -0.169. The molecule has 2 aromatic rings. The van der Waals surface area contributed by atoms with E-state index in [1.807, 2.05) is 0 Å². The number of nitrogens with zero attached hydrogens (tertiary/aromatic N) is 2. The van der Waals surface area contributed by atoms with Crippen LogP contribution in [0.1, 0.15) is 46.0 Å². The number of carbonyl (C=O) groups is 2. The van der Waals surface area contributed by atoms with Crippen LogP contribution >= 0.6 is 11.8 Å². The van der Waals surface area contributed by atoms with E-state index in [-0.39, 0.29) is 24.0 Å². The van der Waals surface area contributed by atoms with Gasteiger partial charge in [-0.3, -0.25) is 4.79 Å². The summed E-state index contributed by atoms with van der Waals surface area (Å²) < 4.78 is 5.04. The summed E-state index contributed by atoms with van der Waals surface area (Å²) in [6.07, 6.45) is 0. The number of Topliss-reactive ketones (excluding diaryl/α,β-unsaturated/α-hetero) is 1. The Bertz CT molecular complexity index is 798. The summed E-state index contributed by atoms with van der Waals surface area (Å²) in [7, 11) is 0. The van der Waals surface area contributed by atoms with E-state index in [9.17, 15) is 9.59 Å². The van der Waals surface area contributed by atoms with Crippen LogP contribution in [0.5, 0.6) is 0 Å². The molecule has 0 aromatic carbocycles. The highest BCUT2D eigenvalue weighted by Gasteiger charge is 2.26. The zero-order chi connectivity index (χ0) is 18.7. The number of hydrogen-bond donors (Lipinski definition) is 3. The molecule has 25 heavy (non-hydrogen) atoms. The second-order valence-corrected chi connectivity index (χ2v) is 6.78. The molecule has 2 aromatic heterocycles. The molecule has 0 saturated heterocycles. The van der Waals surface area contributed by atoms with Gasteiger partial charge in [-0.1, -0.05) is 11.8 Å². The molecule has 8 nitrogen and oxygen atoms in total. The first-order chi connectivity index (χ1) is 11.7. The smallest absolute Gasteiger partial charge is 0.340 e. The van der Waals surface area contributed by atoms with E-state index in [0.29, 0.717) is 27.7 Å². The predicted octanol–water partition coefficient (Wildman–Crippen LogP) is 2.13. The number of rotatable bonds is 6. The largest absolute Gasteiger partial charge is 0.462 e. The molecule has 0 aliphatic heterocycles. The van der Waals surface area contributed by atoms with Gasteiger partial charge >= 0.3 is 5.97 Å². The minimum absolute atomic E-state index is 0.175. The number of H-pyrrole nitrogens is 1. The lowest BCUT2D eigenvalue weighted by molar-refractivity contribution is 0.0525. The van der Waals surface area contributed by atoms with Crippen LogP contribution in [0.4, 0.5) is 11.6 Å². The quantitative estimate of drug-likeness (QED) is 0.307. The first-order valence-corrected chi connectivity index (χ1v) is 8.59. The third-order valence-corrected chi connectivity index (χ3v) is 4.52. The van der Waals surface area contributed by atoms with Gasteiger partial charge < -0.3 is 21.2 Å². The van der Waals surface area contributed by atoms with Crippen LogP contribution in [0, 0.1) is 13.8 Å². The highest BCUT2D eigenvalue weighted by atomic mass is 32.2. The molecule has 2 rings (SSSR count). The van der Waals surface area contributed by atoms with Crippen molar-refractivity contribution in [3.63, 3.8) is 0 Å². The first kappa shape index (κ1) is 18.8. The number of esters is 1. The van der Waals surface area contributed by atoms with E-state index in [0.717, 1.165) is 11.8 Å². The van der Waals surface area contributed by atoms with Crippen molar-refractivity contribution in [2.24, 2.45) is 0 Å². The Morgan fingerprint density at radius 3 is 2.44 bits per heavy atom. The van der Waals surface area contributed by atoms with Crippen LogP contribution in [-0.4, -0.2) is 38.6 Å². The maximum atomic E-state index is 12.8. The lowest BCUT2D eigenvalue weighted by Crippen LogP contribution is -2.16. The van der Waals surface area contributed by atoms with Crippen LogP contribution in [0.3, 0.4) is 0 Å². The van der Waals surface area contributed by atoms with Gasteiger partial charge in [0.15, 0.2) is 10.9 Å². The molecule has 0 radical (unpaired) electrons. The molecule has 2 heterocycles. The Hall–Kier alpha value is -2.55. The van der Waals surface area contributed by atoms with Crippen molar-refractivity contribution in [3.05, 3.63) is 28.6 Å². The number of nitrogens with one attached hydrogen (secondary N) is 1. The lowest BCUT2D eigenvalue weighted by atomic mass is 10.1. The fourth-order valence-corrected chi connectivity index (χ4v) is 3.29. The fourth-order valence-electron chi connectivity index (χ4n) is 2.44. The van der Waals surface area contributed by atoms with E-state index < -0.39 is 11.2 Å². The summed E-state index contributed by atoms with van der Waals surface area (Å²) >= 11 is 1.15. The summed E-state index contributed by atoms with van der Waals surface area (Å²) in [4.78, 5) is 35.9. The molecule has 1 atom stereocenters. The molecule has 0 fully saturated rings. The number of nitrogen functional groups attached to an aromatic ring is 2. The van der Waals surface area contributed by atoms with Gasteiger partial charge in [-0.15, -0.1) is 0 Å². The number of ether oxygens (including phenoxy) is 1. The number of anilines is 2. The number of aromatic amines is 1. The number of carbonyl (C=O) groups excluding carboxylic acids is 2. The molecule has 1 unspecified atom stereocenters. The highest BCUT2D eigenvalue weighted by molar-refractivity contribution is 8.00. The zero-order valence-electron chi connectivity index (χ0n) is 14.5. The van der Waals surface area contributed by atoms with Crippen molar-refractivity contribution >= 4 is 35.2 Å². The van der Waals surface area contributed by atoms with Crippen LogP contribution in [-0.2, 0) is 4.74 Å². The van der Waals surface area contributed by atoms with Crippen LogP contribution in [0.15, 0.2) is 11.2 Å². The van der Waals surface area contributed by atoms with Gasteiger partial charge in [0.2, 0.25) is 0 Å². The van der Waals surface area contributed by atoms with Gasteiger partial charge in [0.05, 0.1) is 23.1 Å². The van der Waals surface area contributed by atoms with Gasteiger partial charge in [-0.05, 0) is 33.3 Å². The zero-order valence-corrected chi connectivity index (χ0v) is 15.4. The molecule has 0 aliphatic carbocycles. The molecule has 0 aliphatic rings. The van der Waals surface area contributed by atoms with E-state index in [1.165, 1.54) is 6.07 Å². The molecule has 5 N–H and O–H groups in total. The minimum atomic E-state index is -0.493. The monoisotopic (exact) mass is 363 g/mol. The van der Waals surface area contributed by atoms with Crippen molar-refractivity contribution < 1.29 is 14.3 Å². The maximum Gasteiger partial charge on any atom is 0.340 e. The molecular formula is C16H21N5O3S.